The van der Waals surface area contributed by atoms with Crippen molar-refractivity contribution in [3.8, 4) is 5.75 Å². The highest BCUT2D eigenvalue weighted by Gasteiger charge is 2.29. The summed E-state index contributed by atoms with van der Waals surface area (Å²) in [7, 11) is 0. The van der Waals surface area contributed by atoms with E-state index in [1.165, 1.54) is 6.07 Å². The Morgan fingerprint density at radius 2 is 2.15 bits per heavy atom. The molecule has 1 atom stereocenters. The van der Waals surface area contributed by atoms with E-state index in [9.17, 15) is 13.6 Å². The van der Waals surface area contributed by atoms with Crippen LogP contribution in [0.2, 0.25) is 0 Å². The molecule has 1 aliphatic carbocycles. The van der Waals surface area contributed by atoms with Gasteiger partial charge < -0.3 is 9.47 Å². The van der Waals surface area contributed by atoms with Gasteiger partial charge in [0, 0.05) is 12.1 Å². The van der Waals surface area contributed by atoms with Crippen molar-refractivity contribution < 1.29 is 23.0 Å². The van der Waals surface area contributed by atoms with Gasteiger partial charge in [-0.15, -0.1) is 0 Å². The number of ether oxygens (including phenoxy) is 2. The molecule has 1 aromatic carbocycles. The maximum atomic E-state index is 13.0. The van der Waals surface area contributed by atoms with Gasteiger partial charge in [-0.25, -0.2) is 8.78 Å². The normalized spacial score (nSPS) is 15.8. The number of carbonyl (C=O) groups excluding carboxylic acids is 1. The molecule has 6 heteroatoms. The van der Waals surface area contributed by atoms with Crippen LogP contribution in [0, 0.1) is 11.6 Å². The van der Waals surface area contributed by atoms with E-state index in [0.29, 0.717) is 6.04 Å². The van der Waals surface area contributed by atoms with Crippen LogP contribution in [0.25, 0.3) is 0 Å². The number of hydrogen-bond donors (Lipinski definition) is 1. The fraction of sp³-hybridized carbons (Fsp3) is 0.500. The third-order valence-corrected chi connectivity index (χ3v) is 2.89. The van der Waals surface area contributed by atoms with E-state index in [0.717, 1.165) is 25.0 Å². The molecule has 4 nitrogen and oxygen atoms in total. The minimum absolute atomic E-state index is 0.0143. The van der Waals surface area contributed by atoms with Crippen molar-refractivity contribution in [1.82, 2.24) is 5.32 Å². The molecule has 0 radical (unpaired) electrons. The van der Waals surface area contributed by atoms with Crippen LogP contribution in [0.5, 0.6) is 5.75 Å². The summed E-state index contributed by atoms with van der Waals surface area (Å²) in [6.07, 6.45) is 2.03. The molecule has 1 N–H and O–H groups in total. The Kier molecular flexibility index (Phi) is 4.89. The maximum Gasteiger partial charge on any atom is 0.326 e. The fourth-order valence-electron chi connectivity index (χ4n) is 1.71. The van der Waals surface area contributed by atoms with E-state index in [1.54, 1.807) is 6.92 Å². The van der Waals surface area contributed by atoms with Crippen molar-refractivity contribution in [3.05, 3.63) is 29.8 Å². The summed E-state index contributed by atoms with van der Waals surface area (Å²) in [5.74, 6) is -2.14. The molecule has 0 bridgehead atoms. The number of carbonyl (C=O) groups is 1. The zero-order valence-electron chi connectivity index (χ0n) is 11.2. The number of nitrogens with one attached hydrogen (secondary N) is 1. The number of benzene rings is 1. The first kappa shape index (κ1) is 14.7. The first-order valence-electron chi connectivity index (χ1n) is 6.60. The standard InChI is InChI=1S/C14H17F2NO3/c1-2-19-14(18)13(17-9-3-4-9)8-20-10-5-6-11(15)12(16)7-10/h5-7,9,13,17H,2-4,8H2,1H3. The van der Waals surface area contributed by atoms with Crippen LogP contribution in [0.4, 0.5) is 8.78 Å². The topological polar surface area (TPSA) is 47.6 Å². The van der Waals surface area contributed by atoms with E-state index < -0.39 is 23.6 Å². The van der Waals surface area contributed by atoms with E-state index in [4.69, 9.17) is 9.47 Å². The van der Waals surface area contributed by atoms with Gasteiger partial charge >= 0.3 is 5.97 Å². The van der Waals surface area contributed by atoms with E-state index in [1.807, 2.05) is 0 Å². The molecule has 20 heavy (non-hydrogen) atoms. The lowest BCUT2D eigenvalue weighted by Gasteiger charge is -2.17. The van der Waals surface area contributed by atoms with Crippen LogP contribution in [-0.4, -0.2) is 31.3 Å². The molecule has 0 aliphatic heterocycles. The summed E-state index contributed by atoms with van der Waals surface area (Å²) < 4.78 is 36.1. The van der Waals surface area contributed by atoms with Crippen molar-refractivity contribution in [2.24, 2.45) is 0 Å². The predicted octanol–water partition coefficient (Wildman–Crippen LogP) is 2.03. The SMILES string of the molecule is CCOC(=O)C(COc1ccc(F)c(F)c1)NC1CC1. The third kappa shape index (κ3) is 4.16. The Morgan fingerprint density at radius 1 is 1.40 bits per heavy atom. The lowest BCUT2D eigenvalue weighted by molar-refractivity contribution is -0.146. The minimum atomic E-state index is -0.981. The van der Waals surface area contributed by atoms with Gasteiger partial charge in [-0.05, 0) is 31.9 Å². The van der Waals surface area contributed by atoms with Crippen LogP contribution in [0.3, 0.4) is 0 Å². The molecule has 0 spiro atoms. The summed E-state index contributed by atoms with van der Waals surface area (Å²) in [6.45, 7) is 2.02. The summed E-state index contributed by atoms with van der Waals surface area (Å²) in [5, 5.41) is 3.10. The second kappa shape index (κ2) is 6.65. The summed E-state index contributed by atoms with van der Waals surface area (Å²) in [5.41, 5.74) is 0. The first-order chi connectivity index (χ1) is 9.60. The van der Waals surface area contributed by atoms with Gasteiger partial charge in [0.05, 0.1) is 6.61 Å². The van der Waals surface area contributed by atoms with Gasteiger partial charge in [0.25, 0.3) is 0 Å². The number of esters is 1. The highest BCUT2D eigenvalue weighted by molar-refractivity contribution is 5.76. The lowest BCUT2D eigenvalue weighted by Crippen LogP contribution is -2.43. The second-order valence-corrected chi connectivity index (χ2v) is 4.63. The average molecular weight is 285 g/mol. The van der Waals surface area contributed by atoms with Crippen molar-refractivity contribution in [3.63, 3.8) is 0 Å². The highest BCUT2D eigenvalue weighted by Crippen LogP contribution is 2.20. The first-order valence-corrected chi connectivity index (χ1v) is 6.60. The maximum absolute atomic E-state index is 13.0. The quantitative estimate of drug-likeness (QED) is 0.779. The molecular weight excluding hydrogens is 268 g/mol. The van der Waals surface area contributed by atoms with Crippen LogP contribution in [0.1, 0.15) is 19.8 Å². The molecule has 0 amide bonds. The Balaban J connectivity index is 1.92. The lowest BCUT2D eigenvalue weighted by atomic mass is 10.3. The van der Waals surface area contributed by atoms with E-state index in [-0.39, 0.29) is 19.0 Å². The molecular formula is C14H17F2NO3. The van der Waals surface area contributed by atoms with Gasteiger partial charge in [0.1, 0.15) is 18.4 Å². The minimum Gasteiger partial charge on any atom is -0.491 e. The van der Waals surface area contributed by atoms with Crippen LogP contribution in [0.15, 0.2) is 18.2 Å². The van der Waals surface area contributed by atoms with Crippen molar-refractivity contribution in [1.29, 1.82) is 0 Å². The van der Waals surface area contributed by atoms with Gasteiger partial charge in [-0.2, -0.15) is 0 Å². The zero-order valence-corrected chi connectivity index (χ0v) is 11.2. The number of hydrogen-bond acceptors (Lipinski definition) is 4. The Morgan fingerprint density at radius 3 is 2.75 bits per heavy atom. The molecule has 2 rings (SSSR count). The summed E-state index contributed by atoms with van der Waals surface area (Å²) >= 11 is 0. The van der Waals surface area contributed by atoms with Crippen LogP contribution >= 0.6 is 0 Å². The molecule has 0 aromatic heterocycles. The van der Waals surface area contributed by atoms with Crippen molar-refractivity contribution >= 4 is 5.97 Å². The van der Waals surface area contributed by atoms with Gasteiger partial charge in [0.15, 0.2) is 11.6 Å². The molecule has 1 saturated carbocycles. The molecule has 1 aliphatic rings. The second-order valence-electron chi connectivity index (χ2n) is 4.63. The Bertz CT molecular complexity index is 477. The van der Waals surface area contributed by atoms with E-state index >= 15 is 0 Å². The zero-order chi connectivity index (χ0) is 14.5. The third-order valence-electron chi connectivity index (χ3n) is 2.89. The summed E-state index contributed by atoms with van der Waals surface area (Å²) in [6, 6.07) is 2.96. The van der Waals surface area contributed by atoms with Crippen LogP contribution in [-0.2, 0) is 9.53 Å². The molecule has 1 unspecified atom stereocenters. The molecule has 1 aromatic rings. The van der Waals surface area contributed by atoms with Gasteiger partial charge in [-0.3, -0.25) is 10.1 Å². The summed E-state index contributed by atoms with van der Waals surface area (Å²) in [4.78, 5) is 11.8. The highest BCUT2D eigenvalue weighted by atomic mass is 19.2. The van der Waals surface area contributed by atoms with Gasteiger partial charge in [0.2, 0.25) is 0 Å². The number of rotatable bonds is 7. The molecule has 0 heterocycles. The Hall–Kier alpha value is -1.69. The fourth-order valence-corrected chi connectivity index (χ4v) is 1.71. The number of halogens is 2. The largest absolute Gasteiger partial charge is 0.491 e. The van der Waals surface area contributed by atoms with E-state index in [2.05, 4.69) is 5.32 Å². The van der Waals surface area contributed by atoms with Crippen molar-refractivity contribution in [2.45, 2.75) is 31.8 Å². The Labute approximate surface area is 116 Å². The predicted molar refractivity (Wildman–Crippen MR) is 68.4 cm³/mol. The average Bonchev–Trinajstić information content (AvgIpc) is 3.22. The molecule has 110 valence electrons. The van der Waals surface area contributed by atoms with Crippen LogP contribution < -0.4 is 10.1 Å². The smallest absolute Gasteiger partial charge is 0.326 e. The molecule has 1 fully saturated rings. The monoisotopic (exact) mass is 285 g/mol. The molecule has 0 saturated heterocycles. The van der Waals surface area contributed by atoms with Crippen molar-refractivity contribution in [2.75, 3.05) is 13.2 Å². The van der Waals surface area contributed by atoms with Gasteiger partial charge in [-0.1, -0.05) is 0 Å².